The lowest BCUT2D eigenvalue weighted by molar-refractivity contribution is 0.0705. The average Bonchev–Trinajstić information content (AvgIpc) is 3.32. The number of carbonyl (C=O) groups is 1. The van der Waals surface area contributed by atoms with E-state index in [1.54, 1.807) is 11.5 Å². The van der Waals surface area contributed by atoms with E-state index in [-0.39, 0.29) is 14.2 Å². The fraction of sp³-hybridized carbons (Fsp3) is 0.667. The number of hydrogen-bond donors (Lipinski definition) is 2. The van der Waals surface area contributed by atoms with Crippen LogP contribution in [0.4, 0.5) is 4.39 Å². The SMILES string of the molecule is CC.O=C(NO)c1cc(F)c2c(c1)CCN([C@@H]1CCC3(CCCC3)C1)C2.[HH].[HH]. The number of carbonyl (C=O) groups excluding carboxylic acids is 1. The Morgan fingerprint density at radius 2 is 2.04 bits per heavy atom. The lowest BCUT2D eigenvalue weighted by Gasteiger charge is -2.35. The second-order valence-electron chi connectivity index (χ2n) is 7.86. The summed E-state index contributed by atoms with van der Waals surface area (Å²) in [6.45, 7) is 5.57. The van der Waals surface area contributed by atoms with Gasteiger partial charge in [-0.1, -0.05) is 26.7 Å². The molecule has 148 valence electrons. The van der Waals surface area contributed by atoms with Gasteiger partial charge < -0.3 is 0 Å². The zero-order chi connectivity index (χ0) is 18.7. The van der Waals surface area contributed by atoms with Crippen molar-refractivity contribution in [1.82, 2.24) is 10.4 Å². The summed E-state index contributed by atoms with van der Waals surface area (Å²) >= 11 is 0. The molecular formula is C21H35FN2O2. The minimum atomic E-state index is -0.655. The quantitative estimate of drug-likeness (QED) is 0.576. The van der Waals surface area contributed by atoms with Crippen LogP contribution >= 0.6 is 0 Å². The number of halogens is 1. The zero-order valence-electron chi connectivity index (χ0n) is 16.0. The fourth-order valence-corrected chi connectivity index (χ4v) is 5.21. The van der Waals surface area contributed by atoms with E-state index in [9.17, 15) is 9.18 Å². The van der Waals surface area contributed by atoms with Crippen LogP contribution < -0.4 is 5.48 Å². The summed E-state index contributed by atoms with van der Waals surface area (Å²) in [6, 6.07) is 3.53. The van der Waals surface area contributed by atoms with Gasteiger partial charge in [-0.25, -0.2) is 9.87 Å². The summed E-state index contributed by atoms with van der Waals surface area (Å²) in [4.78, 5) is 14.0. The molecule has 4 nitrogen and oxygen atoms in total. The molecule has 1 amide bonds. The van der Waals surface area contributed by atoms with E-state index in [1.807, 2.05) is 13.8 Å². The average molecular weight is 367 g/mol. The van der Waals surface area contributed by atoms with Crippen molar-refractivity contribution >= 4 is 5.91 Å². The van der Waals surface area contributed by atoms with E-state index >= 15 is 0 Å². The van der Waals surface area contributed by atoms with Crippen molar-refractivity contribution in [2.75, 3.05) is 6.54 Å². The van der Waals surface area contributed by atoms with E-state index < -0.39 is 5.91 Å². The molecule has 26 heavy (non-hydrogen) atoms. The Hall–Kier alpha value is -1.46. The largest absolute Gasteiger partial charge is 0.296 e. The molecule has 1 aromatic carbocycles. The second kappa shape index (κ2) is 8.05. The molecule has 1 atom stereocenters. The van der Waals surface area contributed by atoms with Crippen LogP contribution in [0.1, 0.15) is 83.1 Å². The van der Waals surface area contributed by atoms with Crippen LogP contribution in [0, 0.1) is 11.2 Å². The highest BCUT2D eigenvalue weighted by Gasteiger charge is 2.43. The molecule has 4 rings (SSSR count). The molecule has 2 N–H and O–H groups in total. The van der Waals surface area contributed by atoms with Gasteiger partial charge in [-0.15, -0.1) is 0 Å². The third-order valence-corrected chi connectivity index (χ3v) is 6.54. The van der Waals surface area contributed by atoms with Crippen molar-refractivity contribution in [3.8, 4) is 0 Å². The first kappa shape index (κ1) is 19.3. The molecule has 2 fully saturated rings. The van der Waals surface area contributed by atoms with Gasteiger partial charge in [-0.2, -0.15) is 0 Å². The van der Waals surface area contributed by atoms with E-state index in [0.717, 1.165) is 24.1 Å². The second-order valence-corrected chi connectivity index (χ2v) is 7.86. The summed E-state index contributed by atoms with van der Waals surface area (Å²) in [5.74, 6) is -0.984. The van der Waals surface area contributed by atoms with Gasteiger partial charge in [0, 0.05) is 33.1 Å². The molecule has 2 aliphatic carbocycles. The highest BCUT2D eigenvalue weighted by molar-refractivity contribution is 5.93. The number of nitrogens with one attached hydrogen (secondary N) is 1. The first-order valence-corrected chi connectivity index (χ1v) is 10.1. The molecule has 1 spiro atoms. The van der Waals surface area contributed by atoms with Crippen molar-refractivity contribution in [2.24, 2.45) is 5.41 Å². The van der Waals surface area contributed by atoms with Crippen LogP contribution in [-0.2, 0) is 13.0 Å². The summed E-state index contributed by atoms with van der Waals surface area (Å²) in [5.41, 5.74) is 3.97. The standard InChI is InChI=1S/C19H25FN2O2.C2H6.2H2/c20-17-10-14(18(23)21-24)9-13-4-8-22(12-16(13)17)15-3-7-19(11-15)5-1-2-6-19;1-2;;/h9-10,15,24H,1-8,11-12H2,(H,21,23);1-2H3;2*1H/t15-;;;/m1.../s1. The molecule has 3 aliphatic rings. The minimum absolute atomic E-state index is 0. The lowest BCUT2D eigenvalue weighted by Crippen LogP contribution is -2.39. The number of fused-ring (bicyclic) bond motifs is 1. The Labute approximate surface area is 158 Å². The smallest absolute Gasteiger partial charge is 0.274 e. The Morgan fingerprint density at radius 1 is 1.31 bits per heavy atom. The zero-order valence-corrected chi connectivity index (χ0v) is 16.0. The molecule has 1 aliphatic heterocycles. The maximum Gasteiger partial charge on any atom is 0.274 e. The third kappa shape index (κ3) is 3.65. The third-order valence-electron chi connectivity index (χ3n) is 6.54. The molecule has 5 heteroatoms. The van der Waals surface area contributed by atoms with Gasteiger partial charge >= 0.3 is 0 Å². The minimum Gasteiger partial charge on any atom is -0.296 e. The van der Waals surface area contributed by atoms with Crippen molar-refractivity contribution in [1.29, 1.82) is 0 Å². The molecule has 1 heterocycles. The van der Waals surface area contributed by atoms with Crippen molar-refractivity contribution in [3.05, 3.63) is 34.6 Å². The monoisotopic (exact) mass is 366 g/mol. The molecule has 0 aromatic heterocycles. The van der Waals surface area contributed by atoms with Crippen LogP contribution in [0.3, 0.4) is 0 Å². The number of amides is 1. The van der Waals surface area contributed by atoms with E-state index in [1.165, 1.54) is 51.0 Å². The fourth-order valence-electron chi connectivity index (χ4n) is 5.21. The predicted octanol–water partition coefficient (Wildman–Crippen LogP) is 4.93. The molecule has 2 saturated carbocycles. The van der Waals surface area contributed by atoms with Crippen LogP contribution in [0.5, 0.6) is 0 Å². The van der Waals surface area contributed by atoms with Gasteiger partial charge in [-0.05, 0) is 61.6 Å². The van der Waals surface area contributed by atoms with Gasteiger partial charge in [-0.3, -0.25) is 14.9 Å². The molecule has 1 aromatic rings. The summed E-state index contributed by atoms with van der Waals surface area (Å²) in [5, 5.41) is 8.74. The highest BCUT2D eigenvalue weighted by Crippen LogP contribution is 2.52. The predicted molar refractivity (Wildman–Crippen MR) is 104 cm³/mol. The van der Waals surface area contributed by atoms with Crippen molar-refractivity contribution in [2.45, 2.75) is 77.8 Å². The Kier molecular flexibility index (Phi) is 5.98. The van der Waals surface area contributed by atoms with Gasteiger partial charge in [0.05, 0.1) is 0 Å². The van der Waals surface area contributed by atoms with Crippen LogP contribution in [0.25, 0.3) is 0 Å². The number of benzene rings is 1. The van der Waals surface area contributed by atoms with E-state index in [4.69, 9.17) is 5.21 Å². The van der Waals surface area contributed by atoms with Crippen molar-refractivity contribution < 1.29 is 17.2 Å². The molecule has 0 radical (unpaired) electrons. The number of hydroxylamine groups is 1. The van der Waals surface area contributed by atoms with Crippen LogP contribution in [0.2, 0.25) is 0 Å². The Balaban J connectivity index is 0.000000950. The number of rotatable bonds is 2. The van der Waals surface area contributed by atoms with Crippen LogP contribution in [0.15, 0.2) is 12.1 Å². The maximum atomic E-state index is 14.5. The maximum absolute atomic E-state index is 14.5. The Bertz CT molecular complexity index is 666. The molecule has 0 saturated heterocycles. The van der Waals surface area contributed by atoms with Gasteiger partial charge in [0.15, 0.2) is 0 Å². The number of hydrogen-bond acceptors (Lipinski definition) is 3. The summed E-state index contributed by atoms with van der Waals surface area (Å²) < 4.78 is 14.5. The summed E-state index contributed by atoms with van der Waals surface area (Å²) in [6.07, 6.45) is 10.1. The van der Waals surface area contributed by atoms with Gasteiger partial charge in [0.2, 0.25) is 0 Å². The lowest BCUT2D eigenvalue weighted by atomic mass is 9.84. The molecule has 0 bridgehead atoms. The Morgan fingerprint density at radius 3 is 2.73 bits per heavy atom. The van der Waals surface area contributed by atoms with Gasteiger partial charge in [0.25, 0.3) is 5.91 Å². The molecule has 0 unspecified atom stereocenters. The van der Waals surface area contributed by atoms with Gasteiger partial charge in [0.1, 0.15) is 5.82 Å². The first-order valence-electron chi connectivity index (χ1n) is 10.1. The molecular weight excluding hydrogens is 331 g/mol. The normalized spacial score (nSPS) is 24.1. The summed E-state index contributed by atoms with van der Waals surface area (Å²) in [7, 11) is 0. The van der Waals surface area contributed by atoms with Crippen molar-refractivity contribution in [3.63, 3.8) is 0 Å². The highest BCUT2D eigenvalue weighted by atomic mass is 19.1. The topological polar surface area (TPSA) is 52.6 Å². The first-order chi connectivity index (χ1) is 12.6. The van der Waals surface area contributed by atoms with E-state index in [0.29, 0.717) is 18.0 Å². The number of nitrogens with zero attached hydrogens (tertiary/aromatic N) is 1. The van der Waals surface area contributed by atoms with Crippen LogP contribution in [-0.4, -0.2) is 28.6 Å². The van der Waals surface area contributed by atoms with E-state index in [2.05, 4.69) is 4.90 Å².